The number of nitrogens with two attached hydrogens (primary N) is 1. The van der Waals surface area contributed by atoms with Crippen molar-refractivity contribution in [2.45, 2.75) is 26.7 Å². The van der Waals surface area contributed by atoms with Gasteiger partial charge >= 0.3 is 6.09 Å². The summed E-state index contributed by atoms with van der Waals surface area (Å²) in [6, 6.07) is 1.06. The van der Waals surface area contributed by atoms with Crippen molar-refractivity contribution in [1.29, 1.82) is 0 Å². The van der Waals surface area contributed by atoms with E-state index in [0.717, 1.165) is 17.6 Å². The smallest absolute Gasteiger partial charge is 0.409 e. The Morgan fingerprint density at radius 2 is 2.18 bits per heavy atom. The lowest BCUT2D eigenvalue weighted by molar-refractivity contribution is 0.210. The molecule has 22 heavy (non-hydrogen) atoms. The molecular weight excluding hydrogens is 308 g/mol. The van der Waals surface area contributed by atoms with Gasteiger partial charge in [-0.05, 0) is 30.1 Å². The second-order valence-corrected chi connectivity index (χ2v) is 6.75. The fraction of sp³-hybridized carbons (Fsp3) is 0.438. The quantitative estimate of drug-likeness (QED) is 0.904. The Kier molecular flexibility index (Phi) is 5.45. The molecule has 1 aromatic rings. The topological polar surface area (TPSA) is 52.3 Å². The molecule has 0 saturated carbocycles. The maximum absolute atomic E-state index is 14.9. The summed E-state index contributed by atoms with van der Waals surface area (Å²) < 4.78 is 34.0. The summed E-state index contributed by atoms with van der Waals surface area (Å²) in [5, 5.41) is 0. The van der Waals surface area contributed by atoms with E-state index in [1.807, 2.05) is 19.9 Å². The van der Waals surface area contributed by atoms with Crippen molar-refractivity contribution in [2.24, 2.45) is 11.7 Å². The first-order valence-electron chi connectivity index (χ1n) is 7.15. The Bertz CT molecular complexity index is 615. The number of ether oxygens (including phenoxy) is 1. The monoisotopic (exact) mass is 327 g/mol. The highest BCUT2D eigenvalue weighted by Crippen LogP contribution is 2.36. The third-order valence-corrected chi connectivity index (χ3v) is 4.28. The van der Waals surface area contributed by atoms with Gasteiger partial charge in [-0.15, -0.1) is 0 Å². The Labute approximate surface area is 132 Å². The van der Waals surface area contributed by atoms with Gasteiger partial charge in [0.25, 0.3) is 0 Å². The third-order valence-electron chi connectivity index (χ3n) is 3.39. The molecule has 1 amide bonds. The molecule has 6 heteroatoms. The molecule has 1 aliphatic heterocycles. The lowest BCUT2D eigenvalue weighted by Gasteiger charge is -2.19. The SMILES string of the molecule is CC(C)Cc1c(OC(N)=O)cc(F)c(C2=CCSCC2)c1F. The van der Waals surface area contributed by atoms with Gasteiger partial charge in [-0.25, -0.2) is 13.6 Å². The number of carbonyl (C=O) groups excluding carboxylic acids is 1. The van der Waals surface area contributed by atoms with Gasteiger partial charge in [0.15, 0.2) is 0 Å². The zero-order chi connectivity index (χ0) is 16.3. The standard InChI is InChI=1S/C16H19F2NO2S/c1-9(2)7-11-13(21-16(19)20)8-12(17)14(15(11)18)10-3-5-22-6-4-10/h3,8-9H,4-7H2,1-2H3,(H2,19,20). The zero-order valence-electron chi connectivity index (χ0n) is 12.6. The number of rotatable bonds is 4. The Hall–Kier alpha value is -1.56. The molecular formula is C16H19F2NO2S. The molecule has 1 aliphatic rings. The van der Waals surface area contributed by atoms with Gasteiger partial charge in [0, 0.05) is 22.9 Å². The van der Waals surface area contributed by atoms with Crippen LogP contribution in [0.3, 0.4) is 0 Å². The predicted octanol–water partition coefficient (Wildman–Crippen LogP) is 4.14. The lowest BCUT2D eigenvalue weighted by Crippen LogP contribution is -2.19. The summed E-state index contributed by atoms with van der Waals surface area (Å²) in [6.07, 6.45) is 1.73. The fourth-order valence-corrected chi connectivity index (χ4v) is 3.33. The lowest BCUT2D eigenvalue weighted by atomic mass is 9.94. The van der Waals surface area contributed by atoms with Crippen LogP contribution in [0, 0.1) is 17.6 Å². The number of carbonyl (C=O) groups is 1. The van der Waals surface area contributed by atoms with Crippen LogP contribution < -0.4 is 10.5 Å². The maximum atomic E-state index is 14.9. The Morgan fingerprint density at radius 3 is 2.73 bits per heavy atom. The minimum atomic E-state index is -1.08. The minimum Gasteiger partial charge on any atom is -0.410 e. The van der Waals surface area contributed by atoms with E-state index in [-0.39, 0.29) is 22.8 Å². The van der Waals surface area contributed by atoms with Gasteiger partial charge in [0.05, 0.1) is 0 Å². The number of halogens is 2. The van der Waals surface area contributed by atoms with Crippen LogP contribution in [0.5, 0.6) is 5.75 Å². The first kappa shape index (κ1) is 16.8. The Morgan fingerprint density at radius 1 is 1.45 bits per heavy atom. The number of hydrogen-bond donors (Lipinski definition) is 1. The maximum Gasteiger partial charge on any atom is 0.409 e. The summed E-state index contributed by atoms with van der Waals surface area (Å²) in [4.78, 5) is 11.0. The molecule has 120 valence electrons. The van der Waals surface area contributed by atoms with E-state index in [1.165, 1.54) is 0 Å². The molecule has 0 spiro atoms. The highest BCUT2D eigenvalue weighted by Gasteiger charge is 2.24. The van der Waals surface area contributed by atoms with E-state index >= 15 is 0 Å². The van der Waals surface area contributed by atoms with Crippen molar-refractivity contribution in [3.05, 3.63) is 34.9 Å². The largest absolute Gasteiger partial charge is 0.410 e. The average molecular weight is 327 g/mol. The van der Waals surface area contributed by atoms with Crippen LogP contribution in [0.4, 0.5) is 13.6 Å². The van der Waals surface area contributed by atoms with E-state index in [4.69, 9.17) is 10.5 Å². The van der Waals surface area contributed by atoms with Crippen LogP contribution in [0.1, 0.15) is 31.4 Å². The summed E-state index contributed by atoms with van der Waals surface area (Å²) >= 11 is 1.72. The Balaban J connectivity index is 2.55. The molecule has 0 bridgehead atoms. The second kappa shape index (κ2) is 7.13. The number of primary amides is 1. The number of hydrogen-bond acceptors (Lipinski definition) is 3. The van der Waals surface area contributed by atoms with Crippen molar-refractivity contribution in [2.75, 3.05) is 11.5 Å². The zero-order valence-corrected chi connectivity index (χ0v) is 13.4. The van der Waals surface area contributed by atoms with E-state index in [9.17, 15) is 13.6 Å². The fourth-order valence-electron chi connectivity index (χ4n) is 2.48. The highest BCUT2D eigenvalue weighted by atomic mass is 32.2. The summed E-state index contributed by atoms with van der Waals surface area (Å²) in [5.74, 6) is 0.198. The van der Waals surface area contributed by atoms with Gasteiger partial charge in [0.2, 0.25) is 0 Å². The average Bonchev–Trinajstić information content (AvgIpc) is 2.43. The third kappa shape index (κ3) is 3.80. The molecule has 0 aromatic heterocycles. The van der Waals surface area contributed by atoms with Crippen molar-refractivity contribution < 1.29 is 18.3 Å². The highest BCUT2D eigenvalue weighted by molar-refractivity contribution is 7.99. The molecule has 3 nitrogen and oxygen atoms in total. The number of benzene rings is 1. The van der Waals surface area contributed by atoms with Gasteiger partial charge < -0.3 is 10.5 Å². The van der Waals surface area contributed by atoms with Crippen LogP contribution in [-0.2, 0) is 6.42 Å². The molecule has 0 fully saturated rings. The van der Waals surface area contributed by atoms with Crippen LogP contribution >= 0.6 is 11.8 Å². The molecule has 0 saturated heterocycles. The second-order valence-electron chi connectivity index (χ2n) is 5.60. The first-order valence-corrected chi connectivity index (χ1v) is 8.31. The summed E-state index contributed by atoms with van der Waals surface area (Å²) in [7, 11) is 0. The number of thioether (sulfide) groups is 1. The molecule has 1 heterocycles. The van der Waals surface area contributed by atoms with Crippen LogP contribution in [0.15, 0.2) is 12.1 Å². The molecule has 0 unspecified atom stereocenters. The van der Waals surface area contributed by atoms with Gasteiger partial charge in [0.1, 0.15) is 17.4 Å². The number of amides is 1. The van der Waals surface area contributed by atoms with Gasteiger partial charge in [-0.3, -0.25) is 0 Å². The minimum absolute atomic E-state index is 0.00669. The van der Waals surface area contributed by atoms with E-state index in [2.05, 4.69) is 0 Å². The van der Waals surface area contributed by atoms with Crippen molar-refractivity contribution in [3.8, 4) is 5.75 Å². The molecule has 0 aliphatic carbocycles. The van der Waals surface area contributed by atoms with E-state index in [0.29, 0.717) is 18.4 Å². The van der Waals surface area contributed by atoms with Crippen molar-refractivity contribution >= 4 is 23.4 Å². The number of allylic oxidation sites excluding steroid dienone is 1. The summed E-state index contributed by atoms with van der Waals surface area (Å²) in [6.45, 7) is 3.82. The van der Waals surface area contributed by atoms with Crippen LogP contribution in [0.25, 0.3) is 5.57 Å². The van der Waals surface area contributed by atoms with E-state index < -0.39 is 17.7 Å². The molecule has 0 radical (unpaired) electrons. The van der Waals surface area contributed by atoms with Crippen molar-refractivity contribution in [1.82, 2.24) is 0 Å². The molecule has 2 rings (SSSR count). The molecule has 0 atom stereocenters. The summed E-state index contributed by atoms with van der Waals surface area (Å²) in [5.41, 5.74) is 5.85. The van der Waals surface area contributed by atoms with E-state index in [1.54, 1.807) is 11.8 Å². The van der Waals surface area contributed by atoms with Crippen LogP contribution in [-0.4, -0.2) is 17.6 Å². The van der Waals surface area contributed by atoms with Gasteiger partial charge in [-0.1, -0.05) is 19.9 Å². The first-order chi connectivity index (χ1) is 10.4. The van der Waals surface area contributed by atoms with Gasteiger partial charge in [-0.2, -0.15) is 11.8 Å². The van der Waals surface area contributed by atoms with Crippen molar-refractivity contribution in [3.63, 3.8) is 0 Å². The predicted molar refractivity (Wildman–Crippen MR) is 85.0 cm³/mol. The van der Waals surface area contributed by atoms with Crippen LogP contribution in [0.2, 0.25) is 0 Å². The molecule has 1 aromatic carbocycles. The molecule has 2 N–H and O–H groups in total. The normalized spacial score (nSPS) is 14.9.